The third-order valence-electron chi connectivity index (χ3n) is 3.50. The fourth-order valence-corrected chi connectivity index (χ4v) is 2.42. The molecule has 0 aliphatic carbocycles. The maximum absolute atomic E-state index is 12.3. The topological polar surface area (TPSA) is 77.3 Å². The van der Waals surface area contributed by atoms with Gasteiger partial charge in [-0.25, -0.2) is 0 Å². The SMILES string of the molecule is CC1Cc2cc(C(=O)NCCc3noc(C(F)(F)F)n3)ccc2O1. The van der Waals surface area contributed by atoms with E-state index in [0.717, 1.165) is 17.7 Å². The Morgan fingerprint density at radius 2 is 2.21 bits per heavy atom. The highest BCUT2D eigenvalue weighted by molar-refractivity contribution is 5.94. The quantitative estimate of drug-likeness (QED) is 0.924. The molecule has 2 heterocycles. The molecule has 24 heavy (non-hydrogen) atoms. The van der Waals surface area contributed by atoms with Gasteiger partial charge in [-0.1, -0.05) is 5.16 Å². The molecule has 3 rings (SSSR count). The number of halogens is 3. The van der Waals surface area contributed by atoms with Crippen LogP contribution in [0.2, 0.25) is 0 Å². The van der Waals surface area contributed by atoms with Gasteiger partial charge < -0.3 is 14.6 Å². The molecule has 1 aliphatic heterocycles. The van der Waals surface area contributed by atoms with Gasteiger partial charge >= 0.3 is 12.1 Å². The Hall–Kier alpha value is -2.58. The highest BCUT2D eigenvalue weighted by atomic mass is 19.4. The Kier molecular flexibility index (Phi) is 4.16. The van der Waals surface area contributed by atoms with Gasteiger partial charge in [0.25, 0.3) is 5.91 Å². The first-order valence-corrected chi connectivity index (χ1v) is 7.30. The number of benzene rings is 1. The number of nitrogens with zero attached hydrogens (tertiary/aromatic N) is 2. The molecule has 6 nitrogen and oxygen atoms in total. The van der Waals surface area contributed by atoms with Crippen molar-refractivity contribution in [3.63, 3.8) is 0 Å². The average molecular weight is 341 g/mol. The second-order valence-electron chi connectivity index (χ2n) is 5.47. The number of carbonyl (C=O) groups excluding carboxylic acids is 1. The Labute approximate surface area is 135 Å². The van der Waals surface area contributed by atoms with E-state index in [-0.39, 0.29) is 30.8 Å². The maximum Gasteiger partial charge on any atom is 0.471 e. The molecule has 0 fully saturated rings. The van der Waals surface area contributed by atoms with Crippen LogP contribution in [-0.4, -0.2) is 28.7 Å². The molecule has 1 N–H and O–H groups in total. The third-order valence-corrected chi connectivity index (χ3v) is 3.50. The van der Waals surface area contributed by atoms with Crippen molar-refractivity contribution in [1.29, 1.82) is 0 Å². The third kappa shape index (κ3) is 3.50. The zero-order valence-corrected chi connectivity index (χ0v) is 12.7. The second kappa shape index (κ2) is 6.14. The lowest BCUT2D eigenvalue weighted by atomic mass is 10.1. The van der Waals surface area contributed by atoms with Crippen molar-refractivity contribution in [3.05, 3.63) is 41.0 Å². The van der Waals surface area contributed by atoms with E-state index in [4.69, 9.17) is 4.74 Å². The lowest BCUT2D eigenvalue weighted by Crippen LogP contribution is -2.26. The molecule has 0 saturated carbocycles. The molecule has 1 unspecified atom stereocenters. The zero-order valence-electron chi connectivity index (χ0n) is 12.7. The van der Waals surface area contributed by atoms with E-state index < -0.39 is 12.1 Å². The smallest absolute Gasteiger partial charge is 0.471 e. The molecule has 0 saturated heterocycles. The number of nitrogens with one attached hydrogen (secondary N) is 1. The summed E-state index contributed by atoms with van der Waals surface area (Å²) in [5.74, 6) is -1.06. The van der Waals surface area contributed by atoms with Crippen molar-refractivity contribution in [3.8, 4) is 5.75 Å². The minimum absolute atomic E-state index is 0.0381. The fraction of sp³-hybridized carbons (Fsp3) is 0.400. The Morgan fingerprint density at radius 1 is 1.42 bits per heavy atom. The molecular formula is C15H14F3N3O3. The molecule has 1 aromatic carbocycles. The monoisotopic (exact) mass is 341 g/mol. The molecular weight excluding hydrogens is 327 g/mol. The summed E-state index contributed by atoms with van der Waals surface area (Å²) in [5, 5.41) is 5.85. The van der Waals surface area contributed by atoms with E-state index in [1.807, 2.05) is 6.92 Å². The molecule has 9 heteroatoms. The van der Waals surface area contributed by atoms with Crippen LogP contribution in [0.25, 0.3) is 0 Å². The predicted molar refractivity (Wildman–Crippen MR) is 75.6 cm³/mol. The molecule has 0 radical (unpaired) electrons. The van der Waals surface area contributed by atoms with Crippen LogP contribution in [0, 0.1) is 0 Å². The van der Waals surface area contributed by atoms with Crippen LogP contribution < -0.4 is 10.1 Å². The summed E-state index contributed by atoms with van der Waals surface area (Å²) >= 11 is 0. The lowest BCUT2D eigenvalue weighted by molar-refractivity contribution is -0.159. The van der Waals surface area contributed by atoms with Crippen LogP contribution in [0.15, 0.2) is 22.7 Å². The predicted octanol–water partition coefficient (Wildman–Crippen LogP) is 2.38. The number of hydrogen-bond acceptors (Lipinski definition) is 5. The van der Waals surface area contributed by atoms with Crippen LogP contribution in [-0.2, 0) is 19.0 Å². The molecule has 1 atom stereocenters. The van der Waals surface area contributed by atoms with Gasteiger partial charge in [0, 0.05) is 24.9 Å². The molecule has 1 aliphatic rings. The molecule has 1 aromatic heterocycles. The number of fused-ring (bicyclic) bond motifs is 1. The van der Waals surface area contributed by atoms with Crippen LogP contribution in [0.5, 0.6) is 5.75 Å². The number of rotatable bonds is 4. The minimum atomic E-state index is -4.67. The van der Waals surface area contributed by atoms with Crippen LogP contribution >= 0.6 is 0 Å². The Morgan fingerprint density at radius 3 is 2.92 bits per heavy atom. The van der Waals surface area contributed by atoms with E-state index in [1.54, 1.807) is 18.2 Å². The van der Waals surface area contributed by atoms with Gasteiger partial charge in [0.1, 0.15) is 11.9 Å². The van der Waals surface area contributed by atoms with Crippen LogP contribution in [0.3, 0.4) is 0 Å². The number of aromatic nitrogens is 2. The first-order chi connectivity index (χ1) is 11.3. The summed E-state index contributed by atoms with van der Waals surface area (Å²) in [7, 11) is 0. The summed E-state index contributed by atoms with van der Waals surface area (Å²) in [6.45, 7) is 2.04. The molecule has 128 valence electrons. The summed E-state index contributed by atoms with van der Waals surface area (Å²) in [5.41, 5.74) is 1.43. The van der Waals surface area contributed by atoms with Crippen LogP contribution in [0.4, 0.5) is 13.2 Å². The number of carbonyl (C=O) groups is 1. The molecule has 0 bridgehead atoms. The molecule has 1 amide bonds. The van der Waals surface area contributed by atoms with E-state index in [9.17, 15) is 18.0 Å². The highest BCUT2D eigenvalue weighted by Gasteiger charge is 2.38. The van der Waals surface area contributed by atoms with Crippen molar-refractivity contribution < 1.29 is 27.2 Å². The van der Waals surface area contributed by atoms with Gasteiger partial charge in [-0.05, 0) is 30.7 Å². The van der Waals surface area contributed by atoms with Gasteiger partial charge in [-0.15, -0.1) is 0 Å². The summed E-state index contributed by atoms with van der Waals surface area (Å²) < 4.78 is 46.7. The average Bonchev–Trinajstić information content (AvgIpc) is 3.11. The number of hydrogen-bond donors (Lipinski definition) is 1. The van der Waals surface area contributed by atoms with Gasteiger partial charge in [0.05, 0.1) is 0 Å². The fourth-order valence-electron chi connectivity index (χ4n) is 2.42. The summed E-state index contributed by atoms with van der Waals surface area (Å²) in [4.78, 5) is 15.3. The summed E-state index contributed by atoms with van der Waals surface area (Å²) in [6, 6.07) is 5.13. The molecule has 0 spiro atoms. The normalized spacial score (nSPS) is 16.6. The minimum Gasteiger partial charge on any atom is -0.490 e. The highest BCUT2D eigenvalue weighted by Crippen LogP contribution is 2.29. The second-order valence-corrected chi connectivity index (χ2v) is 5.47. The standard InChI is InChI=1S/C15H14F3N3O3/c1-8-6-10-7-9(2-3-11(10)23-8)13(22)19-5-4-12-20-14(24-21-12)15(16,17)18/h2-3,7-8H,4-6H2,1H3,(H,19,22). The first kappa shape index (κ1) is 16.3. The van der Waals surface area contributed by atoms with E-state index >= 15 is 0 Å². The van der Waals surface area contributed by atoms with Crippen LogP contribution in [0.1, 0.15) is 34.6 Å². The van der Waals surface area contributed by atoms with E-state index in [0.29, 0.717) is 5.56 Å². The van der Waals surface area contributed by atoms with E-state index in [2.05, 4.69) is 20.0 Å². The van der Waals surface area contributed by atoms with Crippen molar-refractivity contribution in [2.24, 2.45) is 0 Å². The first-order valence-electron chi connectivity index (χ1n) is 7.30. The largest absolute Gasteiger partial charge is 0.490 e. The van der Waals surface area contributed by atoms with Gasteiger partial charge in [0.15, 0.2) is 5.82 Å². The van der Waals surface area contributed by atoms with Gasteiger partial charge in [-0.2, -0.15) is 18.2 Å². The number of alkyl halides is 3. The van der Waals surface area contributed by atoms with Crippen molar-refractivity contribution in [2.75, 3.05) is 6.54 Å². The van der Waals surface area contributed by atoms with Crippen molar-refractivity contribution in [2.45, 2.75) is 32.0 Å². The van der Waals surface area contributed by atoms with E-state index in [1.165, 1.54) is 0 Å². The number of amides is 1. The van der Waals surface area contributed by atoms with Crippen molar-refractivity contribution >= 4 is 5.91 Å². The maximum atomic E-state index is 12.3. The zero-order chi connectivity index (χ0) is 17.3. The van der Waals surface area contributed by atoms with Gasteiger partial charge in [0.2, 0.25) is 0 Å². The molecule has 2 aromatic rings. The Bertz CT molecular complexity index is 758. The summed E-state index contributed by atoms with van der Waals surface area (Å²) in [6.07, 6.45) is -3.81. The number of ether oxygens (including phenoxy) is 1. The Balaban J connectivity index is 1.55. The lowest BCUT2D eigenvalue weighted by Gasteiger charge is -2.05. The van der Waals surface area contributed by atoms with Crippen molar-refractivity contribution in [1.82, 2.24) is 15.5 Å². The van der Waals surface area contributed by atoms with Gasteiger partial charge in [-0.3, -0.25) is 4.79 Å².